The van der Waals surface area contributed by atoms with Crippen molar-refractivity contribution in [2.24, 2.45) is 0 Å². The van der Waals surface area contributed by atoms with Crippen molar-refractivity contribution in [2.45, 2.75) is 20.8 Å². The first kappa shape index (κ1) is 13.4. The first-order valence-electron chi connectivity index (χ1n) is 4.98. The zero-order valence-corrected chi connectivity index (χ0v) is 11.2. The predicted molar refractivity (Wildman–Crippen MR) is 66.3 cm³/mol. The van der Waals surface area contributed by atoms with Gasteiger partial charge in [-0.25, -0.2) is 0 Å². The fourth-order valence-corrected chi connectivity index (χ4v) is 2.23. The number of carbonyl (C=O) groups excluding carboxylic acids is 1. The third kappa shape index (κ3) is 2.93. The van der Waals surface area contributed by atoms with E-state index in [0.29, 0.717) is 6.61 Å². The summed E-state index contributed by atoms with van der Waals surface area (Å²) in [5.41, 5.74) is 1.66. The third-order valence-corrected chi connectivity index (χ3v) is 3.17. The van der Waals surface area contributed by atoms with E-state index < -0.39 is 0 Å². The molecule has 1 heterocycles. The molecule has 0 aliphatic rings. The van der Waals surface area contributed by atoms with Crippen LogP contribution in [0.1, 0.15) is 17.5 Å². The lowest BCUT2D eigenvalue weighted by atomic mass is 10.3. The number of halogens is 1. The van der Waals surface area contributed by atoms with E-state index in [-0.39, 0.29) is 18.5 Å². The Bertz CT molecular complexity index is 348. The molecule has 90 valence electrons. The Morgan fingerprint density at radius 2 is 2.25 bits per heavy atom. The second-order valence-electron chi connectivity index (χ2n) is 3.25. The van der Waals surface area contributed by atoms with Gasteiger partial charge in [0.2, 0.25) is 5.91 Å². The standard InChI is InChI=1S/C10H15ClN2O2S/c1-4-15-6-13(9(14)5-11)10-7(2)12-16-8(10)3/h4-6H2,1-3H3. The van der Waals surface area contributed by atoms with E-state index in [0.717, 1.165) is 16.3 Å². The van der Waals surface area contributed by atoms with Crippen LogP contribution in [0.2, 0.25) is 0 Å². The van der Waals surface area contributed by atoms with Crippen molar-refractivity contribution < 1.29 is 9.53 Å². The number of nitrogens with zero attached hydrogens (tertiary/aromatic N) is 2. The summed E-state index contributed by atoms with van der Waals surface area (Å²) in [6.07, 6.45) is 0. The second-order valence-corrected chi connectivity index (χ2v) is 4.49. The molecular formula is C10H15ClN2O2S. The Morgan fingerprint density at radius 3 is 2.69 bits per heavy atom. The summed E-state index contributed by atoms with van der Waals surface area (Å²) in [6.45, 7) is 6.47. The van der Waals surface area contributed by atoms with E-state index in [1.165, 1.54) is 11.5 Å². The average molecular weight is 263 g/mol. The summed E-state index contributed by atoms with van der Waals surface area (Å²) < 4.78 is 9.49. The van der Waals surface area contributed by atoms with E-state index in [4.69, 9.17) is 16.3 Å². The molecule has 0 aliphatic heterocycles. The second kappa shape index (κ2) is 6.18. The zero-order chi connectivity index (χ0) is 12.1. The highest BCUT2D eigenvalue weighted by molar-refractivity contribution is 7.06. The van der Waals surface area contributed by atoms with Crippen molar-refractivity contribution in [3.63, 3.8) is 0 Å². The van der Waals surface area contributed by atoms with Gasteiger partial charge in [0.1, 0.15) is 12.6 Å². The van der Waals surface area contributed by atoms with Crippen molar-refractivity contribution in [1.82, 2.24) is 4.37 Å². The van der Waals surface area contributed by atoms with Gasteiger partial charge >= 0.3 is 0 Å². The summed E-state index contributed by atoms with van der Waals surface area (Å²) in [5.74, 6) is -0.219. The van der Waals surface area contributed by atoms with Gasteiger partial charge in [-0.1, -0.05) is 0 Å². The van der Waals surface area contributed by atoms with Gasteiger partial charge in [0.05, 0.1) is 11.4 Å². The van der Waals surface area contributed by atoms with Gasteiger partial charge in [-0.3, -0.25) is 9.69 Å². The zero-order valence-electron chi connectivity index (χ0n) is 9.62. The molecule has 0 spiro atoms. The number of anilines is 1. The molecule has 0 unspecified atom stereocenters. The maximum absolute atomic E-state index is 11.7. The largest absolute Gasteiger partial charge is 0.361 e. The molecule has 0 radical (unpaired) electrons. The Balaban J connectivity index is 2.96. The molecule has 0 aliphatic carbocycles. The molecule has 1 aromatic heterocycles. The van der Waals surface area contributed by atoms with Crippen LogP contribution in [0, 0.1) is 13.8 Å². The number of hydrogen-bond acceptors (Lipinski definition) is 4. The van der Waals surface area contributed by atoms with Crippen LogP contribution >= 0.6 is 23.1 Å². The molecule has 0 fully saturated rings. The summed E-state index contributed by atoms with van der Waals surface area (Å²) >= 11 is 6.96. The maximum Gasteiger partial charge on any atom is 0.243 e. The van der Waals surface area contributed by atoms with Gasteiger partial charge < -0.3 is 4.74 Å². The van der Waals surface area contributed by atoms with Crippen LogP contribution < -0.4 is 4.90 Å². The maximum atomic E-state index is 11.7. The van der Waals surface area contributed by atoms with Gasteiger partial charge in [0.15, 0.2) is 0 Å². The van der Waals surface area contributed by atoms with Crippen LogP contribution in [0.3, 0.4) is 0 Å². The molecule has 1 rings (SSSR count). The van der Waals surface area contributed by atoms with Crippen molar-refractivity contribution in [2.75, 3.05) is 24.1 Å². The average Bonchev–Trinajstić information content (AvgIpc) is 2.60. The molecule has 1 amide bonds. The number of ether oxygens (including phenoxy) is 1. The highest BCUT2D eigenvalue weighted by Crippen LogP contribution is 2.27. The van der Waals surface area contributed by atoms with Gasteiger partial charge in [-0.15, -0.1) is 11.6 Å². The lowest BCUT2D eigenvalue weighted by Gasteiger charge is -2.21. The smallest absolute Gasteiger partial charge is 0.243 e. The van der Waals surface area contributed by atoms with Crippen LogP contribution in [0.4, 0.5) is 5.69 Å². The Kier molecular flexibility index (Phi) is 5.18. The van der Waals surface area contributed by atoms with Crippen LogP contribution in [0.15, 0.2) is 0 Å². The number of aromatic nitrogens is 1. The van der Waals surface area contributed by atoms with E-state index in [1.54, 1.807) is 4.90 Å². The van der Waals surface area contributed by atoms with Crippen molar-refractivity contribution in [3.8, 4) is 0 Å². The predicted octanol–water partition coefficient (Wildman–Crippen LogP) is 2.33. The first-order chi connectivity index (χ1) is 7.61. The highest BCUT2D eigenvalue weighted by atomic mass is 35.5. The van der Waals surface area contributed by atoms with E-state index in [2.05, 4.69) is 4.37 Å². The summed E-state index contributed by atoms with van der Waals surface area (Å²) in [4.78, 5) is 14.3. The fraction of sp³-hybridized carbons (Fsp3) is 0.600. The van der Waals surface area contributed by atoms with Gasteiger partial charge in [-0.05, 0) is 32.3 Å². The van der Waals surface area contributed by atoms with Gasteiger partial charge in [0, 0.05) is 11.5 Å². The fourth-order valence-electron chi connectivity index (χ4n) is 1.38. The van der Waals surface area contributed by atoms with Crippen molar-refractivity contribution >= 4 is 34.7 Å². The van der Waals surface area contributed by atoms with Crippen LogP contribution in [-0.2, 0) is 9.53 Å². The van der Waals surface area contributed by atoms with Gasteiger partial charge in [-0.2, -0.15) is 4.37 Å². The summed E-state index contributed by atoms with van der Waals surface area (Å²) in [7, 11) is 0. The lowest BCUT2D eigenvalue weighted by molar-refractivity contribution is -0.117. The Labute approximate surface area is 104 Å². The molecule has 0 saturated heterocycles. The number of alkyl halides is 1. The van der Waals surface area contributed by atoms with E-state index in [1.807, 2.05) is 20.8 Å². The number of aryl methyl sites for hydroxylation is 2. The van der Waals surface area contributed by atoms with Crippen molar-refractivity contribution in [1.29, 1.82) is 0 Å². The number of hydrogen-bond donors (Lipinski definition) is 0. The van der Waals surface area contributed by atoms with Crippen LogP contribution in [0.5, 0.6) is 0 Å². The first-order valence-corrected chi connectivity index (χ1v) is 6.29. The van der Waals surface area contributed by atoms with Crippen LogP contribution in [-0.4, -0.2) is 29.5 Å². The number of amides is 1. The molecule has 6 heteroatoms. The summed E-state index contributed by atoms with van der Waals surface area (Å²) in [6, 6.07) is 0. The quantitative estimate of drug-likeness (QED) is 0.604. The van der Waals surface area contributed by atoms with E-state index in [9.17, 15) is 4.79 Å². The van der Waals surface area contributed by atoms with Crippen LogP contribution in [0.25, 0.3) is 0 Å². The van der Waals surface area contributed by atoms with E-state index >= 15 is 0 Å². The number of carbonyl (C=O) groups is 1. The molecule has 0 atom stereocenters. The normalized spacial score (nSPS) is 10.5. The third-order valence-electron chi connectivity index (χ3n) is 2.11. The molecular weight excluding hydrogens is 248 g/mol. The SMILES string of the molecule is CCOCN(C(=O)CCl)c1c(C)nsc1C. The minimum atomic E-state index is -0.165. The highest BCUT2D eigenvalue weighted by Gasteiger charge is 2.20. The van der Waals surface area contributed by atoms with Gasteiger partial charge in [0.25, 0.3) is 0 Å². The Morgan fingerprint density at radius 1 is 1.56 bits per heavy atom. The molecule has 4 nitrogen and oxygen atoms in total. The number of rotatable bonds is 5. The summed E-state index contributed by atoms with van der Waals surface area (Å²) in [5, 5.41) is 0. The minimum Gasteiger partial charge on any atom is -0.361 e. The lowest BCUT2D eigenvalue weighted by Crippen LogP contribution is -2.34. The monoisotopic (exact) mass is 262 g/mol. The molecule has 0 N–H and O–H groups in total. The van der Waals surface area contributed by atoms with Crippen molar-refractivity contribution in [3.05, 3.63) is 10.6 Å². The molecule has 0 saturated carbocycles. The molecule has 1 aromatic rings. The Hall–Kier alpha value is -0.650. The topological polar surface area (TPSA) is 42.4 Å². The molecule has 16 heavy (non-hydrogen) atoms. The molecule has 0 aromatic carbocycles. The minimum absolute atomic E-state index is 0.0538. The molecule has 0 bridgehead atoms.